The highest BCUT2D eigenvalue weighted by atomic mass is 32.2. The van der Waals surface area contributed by atoms with Crippen LogP contribution < -0.4 is 15.0 Å². The van der Waals surface area contributed by atoms with Crippen molar-refractivity contribution < 1.29 is 22.3 Å². The molecule has 0 saturated carbocycles. The number of rotatable bonds is 10. The summed E-state index contributed by atoms with van der Waals surface area (Å²) in [7, 11) is -3.49. The van der Waals surface area contributed by atoms with Crippen molar-refractivity contribution in [2.75, 3.05) is 57.3 Å². The van der Waals surface area contributed by atoms with E-state index < -0.39 is 15.8 Å². The minimum atomic E-state index is -3.49. The lowest BCUT2D eigenvalue weighted by molar-refractivity contribution is 0.0640. The second kappa shape index (κ2) is 14.7. The van der Waals surface area contributed by atoms with Gasteiger partial charge in [-0.15, -0.1) is 0 Å². The molecule has 1 N–H and O–H groups in total. The van der Waals surface area contributed by atoms with E-state index in [1.165, 1.54) is 24.5 Å². The second-order valence-corrected chi connectivity index (χ2v) is 16.1. The minimum Gasteiger partial charge on any atom is -0.451 e. The summed E-state index contributed by atoms with van der Waals surface area (Å²) in [6.45, 7) is 14.6. The number of likely N-dealkylation sites (tertiary alicyclic amines) is 1. The highest BCUT2D eigenvalue weighted by Gasteiger charge is 2.46. The highest BCUT2D eigenvalue weighted by Crippen LogP contribution is 2.45. The monoisotopic (exact) mass is 693 g/mol. The molecule has 0 aliphatic carbocycles. The summed E-state index contributed by atoms with van der Waals surface area (Å²) in [6, 6.07) is 11.3. The number of nitrogens with zero attached hydrogens (tertiary/aromatic N) is 6. The van der Waals surface area contributed by atoms with E-state index in [2.05, 4.69) is 25.1 Å². The number of halogens is 1. The fraction of sp³-hybridized carbons (Fsp3) is 0.528. The first-order valence-electron chi connectivity index (χ1n) is 17.3. The van der Waals surface area contributed by atoms with E-state index in [0.29, 0.717) is 36.1 Å². The maximum atomic E-state index is 14.4. The summed E-state index contributed by atoms with van der Waals surface area (Å²) in [5.41, 5.74) is 1.44. The molecule has 0 radical (unpaired) electrons. The van der Waals surface area contributed by atoms with Gasteiger partial charge in [0.2, 0.25) is 10.0 Å². The average molecular weight is 694 g/mol. The van der Waals surface area contributed by atoms with Crippen molar-refractivity contribution in [3.8, 4) is 11.5 Å². The third-order valence-corrected chi connectivity index (χ3v) is 11.8. The molecule has 0 atom stereocenters. The van der Waals surface area contributed by atoms with Crippen LogP contribution in [0.2, 0.25) is 0 Å². The molecular weight excluding hydrogens is 646 g/mol. The average Bonchev–Trinajstić information content (AvgIpc) is 3.36. The normalized spacial score (nSPS) is 18.8. The number of ether oxygens (including phenoxy) is 1. The van der Waals surface area contributed by atoms with Crippen LogP contribution in [0.1, 0.15) is 62.9 Å². The molecule has 13 heteroatoms. The predicted octanol–water partition coefficient (Wildman–Crippen LogP) is 4.75. The molecule has 3 aliphatic heterocycles. The Balaban J connectivity index is 1.06. The quantitative estimate of drug-likeness (QED) is 0.322. The van der Waals surface area contributed by atoms with E-state index >= 15 is 0 Å². The van der Waals surface area contributed by atoms with Gasteiger partial charge in [-0.3, -0.25) is 9.69 Å². The molecule has 3 aromatic rings. The van der Waals surface area contributed by atoms with Crippen LogP contribution in [0.25, 0.3) is 0 Å². The molecule has 3 aliphatic rings. The Morgan fingerprint density at radius 2 is 1.69 bits per heavy atom. The Labute approximate surface area is 289 Å². The SMILES string of the molecule is CC(C)N(C(=O)c1cc(F)ccc1Oc1cncnc1N1CC2(CCN(Cc3ccc(S(=O)(=O)N4CCCNCC4)cc3)CC2)C1)C(C)C. The van der Waals surface area contributed by atoms with Crippen LogP contribution in [0.15, 0.2) is 59.9 Å². The van der Waals surface area contributed by atoms with E-state index in [1.807, 2.05) is 39.8 Å². The van der Waals surface area contributed by atoms with Crippen molar-refractivity contribution in [3.05, 3.63) is 71.9 Å². The lowest BCUT2D eigenvalue weighted by Gasteiger charge is -2.54. The topological polar surface area (TPSA) is 111 Å². The number of hydrogen-bond donors (Lipinski definition) is 1. The smallest absolute Gasteiger partial charge is 0.258 e. The number of anilines is 1. The molecule has 1 amide bonds. The Hall–Kier alpha value is -3.65. The number of aromatic nitrogens is 2. The van der Waals surface area contributed by atoms with Crippen LogP contribution in [0.5, 0.6) is 11.5 Å². The maximum absolute atomic E-state index is 14.4. The number of carbonyl (C=O) groups is 1. The molecule has 0 unspecified atom stereocenters. The number of amides is 1. The standard InChI is InChI=1S/C36H48FN7O4S/c1-26(2)44(27(3)4)35(45)31-20-29(37)8-11-32(31)48-33-21-39-25-40-34(33)42-23-36(24-42)12-17-41(18-13-36)22-28-6-9-30(10-7-28)49(46,47)43-16-5-14-38-15-19-43/h6-11,20-21,25-27,38H,5,12-19,22-24H2,1-4H3. The molecule has 11 nitrogen and oxygen atoms in total. The summed E-state index contributed by atoms with van der Waals surface area (Å²) < 4.78 is 48.6. The fourth-order valence-electron chi connectivity index (χ4n) is 7.35. The third-order valence-electron chi connectivity index (χ3n) is 9.93. The van der Waals surface area contributed by atoms with Crippen molar-refractivity contribution >= 4 is 21.7 Å². The number of piperidine rings is 1. The molecule has 1 spiro atoms. The van der Waals surface area contributed by atoms with Crippen LogP contribution in [0.4, 0.5) is 10.2 Å². The van der Waals surface area contributed by atoms with Gasteiger partial charge in [0, 0.05) is 56.8 Å². The molecule has 4 heterocycles. The minimum absolute atomic E-state index is 0.0700. The van der Waals surface area contributed by atoms with Crippen LogP contribution in [-0.2, 0) is 16.6 Å². The van der Waals surface area contributed by atoms with Crippen molar-refractivity contribution in [1.29, 1.82) is 0 Å². The van der Waals surface area contributed by atoms with Crippen molar-refractivity contribution in [2.45, 2.75) is 70.5 Å². The van der Waals surface area contributed by atoms with E-state index in [0.717, 1.165) is 64.1 Å². The van der Waals surface area contributed by atoms with Gasteiger partial charge in [0.15, 0.2) is 11.6 Å². The van der Waals surface area contributed by atoms with Crippen LogP contribution in [0.3, 0.4) is 0 Å². The number of hydrogen-bond acceptors (Lipinski definition) is 9. The second-order valence-electron chi connectivity index (χ2n) is 14.1. The molecule has 49 heavy (non-hydrogen) atoms. The van der Waals surface area contributed by atoms with Crippen LogP contribution in [-0.4, -0.2) is 103 Å². The zero-order valence-corrected chi connectivity index (χ0v) is 29.8. The highest BCUT2D eigenvalue weighted by molar-refractivity contribution is 7.89. The first kappa shape index (κ1) is 35.2. The number of benzene rings is 2. The molecular formula is C36H48FN7O4S. The molecule has 0 bridgehead atoms. The van der Waals surface area contributed by atoms with Gasteiger partial charge in [-0.25, -0.2) is 22.8 Å². The van der Waals surface area contributed by atoms with Gasteiger partial charge in [-0.1, -0.05) is 12.1 Å². The van der Waals surface area contributed by atoms with Crippen molar-refractivity contribution in [3.63, 3.8) is 0 Å². The third kappa shape index (κ3) is 7.74. The largest absolute Gasteiger partial charge is 0.451 e. The fourth-order valence-corrected chi connectivity index (χ4v) is 8.83. The van der Waals surface area contributed by atoms with Gasteiger partial charge < -0.3 is 19.9 Å². The lowest BCUT2D eigenvalue weighted by Crippen LogP contribution is -2.60. The van der Waals surface area contributed by atoms with E-state index in [4.69, 9.17) is 4.74 Å². The summed E-state index contributed by atoms with van der Waals surface area (Å²) in [5, 5.41) is 3.26. The Bertz CT molecular complexity index is 1710. The molecule has 3 fully saturated rings. The van der Waals surface area contributed by atoms with E-state index in [1.54, 1.807) is 27.5 Å². The Morgan fingerprint density at radius 3 is 2.39 bits per heavy atom. The number of sulfonamides is 1. The summed E-state index contributed by atoms with van der Waals surface area (Å²) in [4.78, 5) is 29.0. The number of nitrogens with one attached hydrogen (secondary N) is 1. The summed E-state index contributed by atoms with van der Waals surface area (Å²) in [5.74, 6) is 0.548. The lowest BCUT2D eigenvalue weighted by atomic mass is 9.72. The Morgan fingerprint density at radius 1 is 0.980 bits per heavy atom. The zero-order chi connectivity index (χ0) is 34.8. The first-order valence-corrected chi connectivity index (χ1v) is 18.8. The molecule has 6 rings (SSSR count). The molecule has 264 valence electrons. The molecule has 3 saturated heterocycles. The zero-order valence-electron chi connectivity index (χ0n) is 28.9. The van der Waals surface area contributed by atoms with E-state index in [-0.39, 0.29) is 34.7 Å². The number of carbonyl (C=O) groups excluding carboxylic acids is 1. The van der Waals surface area contributed by atoms with Crippen LogP contribution >= 0.6 is 0 Å². The Kier molecular flexibility index (Phi) is 10.5. The van der Waals surface area contributed by atoms with Crippen LogP contribution in [0, 0.1) is 11.2 Å². The van der Waals surface area contributed by atoms with Gasteiger partial charge in [0.1, 0.15) is 17.9 Å². The van der Waals surface area contributed by atoms with Gasteiger partial charge >= 0.3 is 0 Å². The van der Waals surface area contributed by atoms with Crippen molar-refractivity contribution in [1.82, 2.24) is 29.4 Å². The van der Waals surface area contributed by atoms with Gasteiger partial charge in [-0.2, -0.15) is 4.31 Å². The maximum Gasteiger partial charge on any atom is 0.258 e. The van der Waals surface area contributed by atoms with Gasteiger partial charge in [0.05, 0.1) is 16.7 Å². The van der Waals surface area contributed by atoms with E-state index in [9.17, 15) is 17.6 Å². The summed E-state index contributed by atoms with van der Waals surface area (Å²) >= 11 is 0. The molecule has 1 aromatic heterocycles. The van der Waals surface area contributed by atoms with Gasteiger partial charge in [-0.05, 0) is 102 Å². The molecule has 2 aromatic carbocycles. The summed E-state index contributed by atoms with van der Waals surface area (Å²) in [6.07, 6.45) is 5.98. The predicted molar refractivity (Wildman–Crippen MR) is 187 cm³/mol. The van der Waals surface area contributed by atoms with Gasteiger partial charge in [0.25, 0.3) is 5.91 Å². The first-order chi connectivity index (χ1) is 23.5. The van der Waals surface area contributed by atoms with Crippen molar-refractivity contribution in [2.24, 2.45) is 5.41 Å².